The summed E-state index contributed by atoms with van der Waals surface area (Å²) < 4.78 is 5.73. The third-order valence-electron chi connectivity index (χ3n) is 3.09. The van der Waals surface area contributed by atoms with E-state index in [1.165, 1.54) is 5.56 Å². The summed E-state index contributed by atoms with van der Waals surface area (Å²) in [7, 11) is 0. The summed E-state index contributed by atoms with van der Waals surface area (Å²) in [6.07, 6.45) is 1.47. The molecule has 2 rings (SSSR count). The van der Waals surface area contributed by atoms with E-state index in [-0.39, 0.29) is 11.8 Å². The van der Waals surface area contributed by atoms with Crippen LogP contribution in [-0.4, -0.2) is 18.6 Å². The Morgan fingerprint density at radius 2 is 2.22 bits per heavy atom. The zero-order chi connectivity index (χ0) is 13.1. The first-order valence-electron chi connectivity index (χ1n) is 6.42. The highest BCUT2D eigenvalue weighted by molar-refractivity contribution is 5.97. The summed E-state index contributed by atoms with van der Waals surface area (Å²) in [5.41, 5.74) is 7.44. The van der Waals surface area contributed by atoms with Crippen molar-refractivity contribution in [2.45, 2.75) is 32.8 Å². The second-order valence-electron chi connectivity index (χ2n) is 4.99. The van der Waals surface area contributed by atoms with E-state index < -0.39 is 6.10 Å². The molecule has 1 aromatic carbocycles. The fraction of sp³-hybridized carbons (Fsp3) is 0.500. The van der Waals surface area contributed by atoms with Crippen molar-refractivity contribution < 1.29 is 9.53 Å². The van der Waals surface area contributed by atoms with Crippen molar-refractivity contribution in [3.8, 4) is 5.75 Å². The average molecular weight is 248 g/mol. The summed E-state index contributed by atoms with van der Waals surface area (Å²) in [5, 5.41) is 2.91. The number of fused-ring (bicyclic) bond motifs is 1. The molecule has 1 unspecified atom stereocenters. The molecule has 1 heterocycles. The van der Waals surface area contributed by atoms with Crippen LogP contribution in [0.2, 0.25) is 0 Å². The molecule has 3 N–H and O–H groups in total. The Labute approximate surface area is 108 Å². The number of benzene rings is 1. The molecule has 1 aromatic rings. The topological polar surface area (TPSA) is 64.3 Å². The molecule has 1 amide bonds. The second kappa shape index (κ2) is 5.40. The van der Waals surface area contributed by atoms with Crippen LogP contribution in [-0.2, 0) is 11.2 Å². The highest BCUT2D eigenvalue weighted by Gasteiger charge is 2.30. The van der Waals surface area contributed by atoms with E-state index in [0.29, 0.717) is 6.54 Å². The summed E-state index contributed by atoms with van der Waals surface area (Å²) >= 11 is 0. The van der Waals surface area contributed by atoms with Gasteiger partial charge >= 0.3 is 0 Å². The quantitative estimate of drug-likeness (QED) is 0.855. The summed E-state index contributed by atoms with van der Waals surface area (Å²) in [4.78, 5) is 11.9. The highest BCUT2D eigenvalue weighted by atomic mass is 16.5. The number of aryl methyl sites for hydroxylation is 1. The van der Waals surface area contributed by atoms with E-state index in [0.717, 1.165) is 24.3 Å². The largest absolute Gasteiger partial charge is 0.478 e. The van der Waals surface area contributed by atoms with Crippen LogP contribution in [0, 0.1) is 5.92 Å². The molecule has 0 spiro atoms. The predicted molar refractivity (Wildman–Crippen MR) is 71.7 cm³/mol. The first-order chi connectivity index (χ1) is 8.61. The number of rotatable bonds is 4. The molecule has 1 atom stereocenters. The lowest BCUT2D eigenvalue weighted by Gasteiger charge is -2.28. The molecule has 0 fully saturated rings. The van der Waals surface area contributed by atoms with Crippen LogP contribution in [0.3, 0.4) is 0 Å². The van der Waals surface area contributed by atoms with Crippen molar-refractivity contribution >= 4 is 11.6 Å². The highest BCUT2D eigenvalue weighted by Crippen LogP contribution is 2.32. The molecule has 0 radical (unpaired) electrons. The molecule has 0 aliphatic carbocycles. The van der Waals surface area contributed by atoms with Gasteiger partial charge in [-0.1, -0.05) is 19.9 Å². The van der Waals surface area contributed by atoms with E-state index in [1.54, 1.807) is 0 Å². The monoisotopic (exact) mass is 248 g/mol. The number of ether oxygens (including phenoxy) is 1. The third kappa shape index (κ3) is 2.64. The first kappa shape index (κ1) is 12.9. The predicted octanol–water partition coefficient (Wildman–Crippen LogP) is 1.93. The normalized spacial score (nSPS) is 18.2. The van der Waals surface area contributed by atoms with Crippen molar-refractivity contribution in [1.29, 1.82) is 0 Å². The minimum Gasteiger partial charge on any atom is -0.478 e. The SMILES string of the molecule is CC(C)C1Oc2ccc(CCCN)cc2NC1=O. The zero-order valence-electron chi connectivity index (χ0n) is 10.9. The van der Waals surface area contributed by atoms with Crippen molar-refractivity contribution in [3.63, 3.8) is 0 Å². The lowest BCUT2D eigenvalue weighted by Crippen LogP contribution is -2.40. The number of nitrogens with one attached hydrogen (secondary N) is 1. The van der Waals surface area contributed by atoms with Crippen molar-refractivity contribution in [2.24, 2.45) is 11.7 Å². The summed E-state index contributed by atoms with van der Waals surface area (Å²) in [6, 6.07) is 5.93. The van der Waals surface area contributed by atoms with E-state index >= 15 is 0 Å². The molecule has 0 aromatic heterocycles. The molecule has 0 saturated heterocycles. The van der Waals surface area contributed by atoms with Crippen LogP contribution >= 0.6 is 0 Å². The van der Waals surface area contributed by atoms with Gasteiger partial charge in [-0.15, -0.1) is 0 Å². The molecule has 18 heavy (non-hydrogen) atoms. The van der Waals surface area contributed by atoms with Gasteiger partial charge in [-0.05, 0) is 43.0 Å². The van der Waals surface area contributed by atoms with Gasteiger partial charge in [0.25, 0.3) is 5.91 Å². The Hall–Kier alpha value is -1.55. The van der Waals surface area contributed by atoms with Gasteiger partial charge in [-0.2, -0.15) is 0 Å². The van der Waals surface area contributed by atoms with Crippen LogP contribution in [0.15, 0.2) is 18.2 Å². The molecule has 0 saturated carbocycles. The van der Waals surface area contributed by atoms with Gasteiger partial charge in [0.1, 0.15) is 5.75 Å². The Morgan fingerprint density at radius 1 is 1.44 bits per heavy atom. The molecular weight excluding hydrogens is 228 g/mol. The van der Waals surface area contributed by atoms with Crippen LogP contribution in [0.25, 0.3) is 0 Å². The molecule has 0 bridgehead atoms. The van der Waals surface area contributed by atoms with Crippen molar-refractivity contribution in [3.05, 3.63) is 23.8 Å². The zero-order valence-corrected chi connectivity index (χ0v) is 10.9. The van der Waals surface area contributed by atoms with Gasteiger partial charge in [-0.25, -0.2) is 0 Å². The van der Waals surface area contributed by atoms with E-state index in [9.17, 15) is 4.79 Å². The fourth-order valence-electron chi connectivity index (χ4n) is 2.07. The third-order valence-corrected chi connectivity index (χ3v) is 3.09. The number of carbonyl (C=O) groups excluding carboxylic acids is 1. The van der Waals surface area contributed by atoms with Crippen LogP contribution in [0.4, 0.5) is 5.69 Å². The molecule has 98 valence electrons. The van der Waals surface area contributed by atoms with Crippen molar-refractivity contribution in [1.82, 2.24) is 0 Å². The molecule has 4 heteroatoms. The van der Waals surface area contributed by atoms with Gasteiger partial charge in [0.2, 0.25) is 0 Å². The number of hydrogen-bond acceptors (Lipinski definition) is 3. The maximum atomic E-state index is 11.9. The summed E-state index contributed by atoms with van der Waals surface area (Å²) in [6.45, 7) is 4.63. The van der Waals surface area contributed by atoms with E-state index in [2.05, 4.69) is 5.32 Å². The Balaban J connectivity index is 2.18. The minimum absolute atomic E-state index is 0.0616. The lowest BCUT2D eigenvalue weighted by atomic mass is 10.0. The second-order valence-corrected chi connectivity index (χ2v) is 4.99. The number of hydrogen-bond donors (Lipinski definition) is 2. The Kier molecular flexibility index (Phi) is 3.87. The first-order valence-corrected chi connectivity index (χ1v) is 6.42. The number of carbonyl (C=O) groups is 1. The van der Waals surface area contributed by atoms with Crippen LogP contribution in [0.1, 0.15) is 25.8 Å². The van der Waals surface area contributed by atoms with E-state index in [4.69, 9.17) is 10.5 Å². The molecule has 1 aliphatic rings. The number of anilines is 1. The standard InChI is InChI=1S/C14H20N2O2/c1-9(2)13-14(17)16-11-8-10(4-3-7-15)5-6-12(11)18-13/h5-6,8-9,13H,3-4,7,15H2,1-2H3,(H,16,17). The lowest BCUT2D eigenvalue weighted by molar-refractivity contribution is -0.125. The Morgan fingerprint density at radius 3 is 2.89 bits per heavy atom. The van der Waals surface area contributed by atoms with Gasteiger partial charge in [0, 0.05) is 0 Å². The smallest absolute Gasteiger partial charge is 0.265 e. The van der Waals surface area contributed by atoms with Gasteiger partial charge in [0.15, 0.2) is 6.10 Å². The number of nitrogens with two attached hydrogens (primary N) is 1. The van der Waals surface area contributed by atoms with Crippen molar-refractivity contribution in [2.75, 3.05) is 11.9 Å². The maximum Gasteiger partial charge on any atom is 0.265 e. The average Bonchev–Trinajstić information content (AvgIpc) is 2.34. The number of amides is 1. The van der Waals surface area contributed by atoms with Gasteiger partial charge in [-0.3, -0.25) is 4.79 Å². The van der Waals surface area contributed by atoms with E-state index in [1.807, 2.05) is 32.0 Å². The minimum atomic E-state index is -0.396. The van der Waals surface area contributed by atoms with Gasteiger partial charge < -0.3 is 15.8 Å². The molecular formula is C14H20N2O2. The molecule has 1 aliphatic heterocycles. The summed E-state index contributed by atoms with van der Waals surface area (Å²) in [5.74, 6) is 0.855. The molecule has 4 nitrogen and oxygen atoms in total. The van der Waals surface area contributed by atoms with Gasteiger partial charge in [0.05, 0.1) is 5.69 Å². The Bertz CT molecular complexity index is 443. The van der Waals surface area contributed by atoms with Crippen LogP contribution in [0.5, 0.6) is 5.75 Å². The van der Waals surface area contributed by atoms with Crippen LogP contribution < -0.4 is 15.8 Å². The maximum absolute atomic E-state index is 11.9. The fourth-order valence-corrected chi connectivity index (χ4v) is 2.07.